The fourth-order valence-corrected chi connectivity index (χ4v) is 1.41. The number of carboxylic acid groups (broad SMARTS) is 1. The lowest BCUT2D eigenvalue weighted by molar-refractivity contribution is -0.134. The van der Waals surface area contributed by atoms with Crippen LogP contribution in [0, 0.1) is 0 Å². The van der Waals surface area contributed by atoms with Crippen LogP contribution in [0.5, 0.6) is 0 Å². The molecule has 1 aromatic heterocycles. The van der Waals surface area contributed by atoms with Gasteiger partial charge in [-0.25, -0.2) is 5.10 Å². The van der Waals surface area contributed by atoms with E-state index in [-0.39, 0.29) is 12.1 Å². The summed E-state index contributed by atoms with van der Waals surface area (Å²) in [4.78, 5) is 21.8. The van der Waals surface area contributed by atoms with Crippen molar-refractivity contribution in [2.75, 3.05) is 11.9 Å². The molecule has 0 fully saturated rings. The molecule has 0 atom stereocenters. The average molecular weight is 219 g/mol. The number of H-pyrrole nitrogens is 1. The molecule has 6 heteroatoms. The third-order valence-corrected chi connectivity index (χ3v) is 2.10. The summed E-state index contributed by atoms with van der Waals surface area (Å²) in [7, 11) is 0. The van der Waals surface area contributed by atoms with Crippen molar-refractivity contribution >= 4 is 22.6 Å². The van der Waals surface area contributed by atoms with Crippen molar-refractivity contribution in [3.63, 3.8) is 0 Å². The van der Waals surface area contributed by atoms with Crippen LogP contribution >= 0.6 is 0 Å². The van der Waals surface area contributed by atoms with Gasteiger partial charge in [0.1, 0.15) is 6.54 Å². The molecule has 0 saturated carbocycles. The van der Waals surface area contributed by atoms with Gasteiger partial charge in [0.15, 0.2) is 5.82 Å². The van der Waals surface area contributed by atoms with Crippen LogP contribution in [-0.2, 0) is 4.79 Å². The maximum absolute atomic E-state index is 11.4. The Kier molecular flexibility index (Phi) is 2.55. The molecule has 0 aliphatic carbocycles. The van der Waals surface area contributed by atoms with Crippen LogP contribution in [0.4, 0.5) is 5.82 Å². The van der Waals surface area contributed by atoms with Gasteiger partial charge >= 0.3 is 5.97 Å². The molecule has 0 amide bonds. The van der Waals surface area contributed by atoms with E-state index in [0.717, 1.165) is 0 Å². The molecule has 1 aromatic carbocycles. The van der Waals surface area contributed by atoms with Gasteiger partial charge < -0.3 is 10.4 Å². The quantitative estimate of drug-likeness (QED) is 0.695. The van der Waals surface area contributed by atoms with Crippen molar-refractivity contribution in [2.45, 2.75) is 0 Å². The van der Waals surface area contributed by atoms with Crippen LogP contribution in [-0.4, -0.2) is 27.8 Å². The molecule has 2 aromatic rings. The Hall–Kier alpha value is -2.37. The monoisotopic (exact) mass is 219 g/mol. The predicted octanol–water partition coefficient (Wildman–Crippen LogP) is 0.420. The summed E-state index contributed by atoms with van der Waals surface area (Å²) < 4.78 is 0. The first-order valence-corrected chi connectivity index (χ1v) is 4.61. The molecule has 2 rings (SSSR count). The molecule has 0 saturated heterocycles. The number of aliphatic carboxylic acids is 1. The van der Waals surface area contributed by atoms with E-state index >= 15 is 0 Å². The second-order valence-electron chi connectivity index (χ2n) is 3.19. The number of nitrogens with zero attached hydrogens (tertiary/aromatic N) is 1. The molecule has 1 heterocycles. The molecule has 0 aliphatic heterocycles. The number of nitrogens with one attached hydrogen (secondary N) is 2. The number of aromatic amines is 1. The SMILES string of the molecule is O=C(O)CNc1n[nH]c(=O)c2ccccc12. The molecule has 16 heavy (non-hydrogen) atoms. The van der Waals surface area contributed by atoms with Crippen molar-refractivity contribution in [3.8, 4) is 0 Å². The van der Waals surface area contributed by atoms with Gasteiger partial charge in [0, 0.05) is 5.39 Å². The van der Waals surface area contributed by atoms with E-state index in [0.29, 0.717) is 16.6 Å². The van der Waals surface area contributed by atoms with Gasteiger partial charge in [-0.05, 0) is 6.07 Å². The van der Waals surface area contributed by atoms with Crippen molar-refractivity contribution < 1.29 is 9.90 Å². The number of anilines is 1. The van der Waals surface area contributed by atoms with Gasteiger partial charge in [-0.2, -0.15) is 5.10 Å². The van der Waals surface area contributed by atoms with Crippen LogP contribution < -0.4 is 10.9 Å². The summed E-state index contributed by atoms with van der Waals surface area (Å²) >= 11 is 0. The first-order valence-electron chi connectivity index (χ1n) is 4.61. The molecule has 6 nitrogen and oxygen atoms in total. The maximum Gasteiger partial charge on any atom is 0.322 e. The fraction of sp³-hybridized carbons (Fsp3) is 0.100. The Morgan fingerprint density at radius 2 is 2.06 bits per heavy atom. The lowest BCUT2D eigenvalue weighted by atomic mass is 10.2. The fourth-order valence-electron chi connectivity index (χ4n) is 1.41. The molecule has 0 radical (unpaired) electrons. The molecular formula is C10H9N3O3. The smallest absolute Gasteiger partial charge is 0.322 e. The molecule has 0 unspecified atom stereocenters. The second kappa shape index (κ2) is 4.01. The summed E-state index contributed by atoms with van der Waals surface area (Å²) in [5, 5.41) is 18.3. The lowest BCUT2D eigenvalue weighted by Crippen LogP contribution is -2.16. The third-order valence-electron chi connectivity index (χ3n) is 2.10. The van der Waals surface area contributed by atoms with E-state index in [1.165, 1.54) is 0 Å². The summed E-state index contributed by atoms with van der Waals surface area (Å²) in [6.07, 6.45) is 0. The molecule has 82 valence electrons. The number of hydrogen-bond donors (Lipinski definition) is 3. The number of fused-ring (bicyclic) bond motifs is 1. The number of carboxylic acids is 1. The Bertz CT molecular complexity index is 591. The lowest BCUT2D eigenvalue weighted by Gasteiger charge is -2.05. The highest BCUT2D eigenvalue weighted by Gasteiger charge is 2.06. The van der Waals surface area contributed by atoms with Crippen molar-refractivity contribution in [1.29, 1.82) is 0 Å². The van der Waals surface area contributed by atoms with Crippen molar-refractivity contribution in [2.24, 2.45) is 0 Å². The summed E-state index contributed by atoms with van der Waals surface area (Å²) in [5.41, 5.74) is -0.295. The Morgan fingerprint density at radius 1 is 1.38 bits per heavy atom. The molecule has 3 N–H and O–H groups in total. The standard InChI is InChI=1S/C10H9N3O3/c14-8(15)5-11-9-6-3-1-2-4-7(6)10(16)13-12-9/h1-4H,5H2,(H,11,12)(H,13,16)(H,14,15). The zero-order valence-corrected chi connectivity index (χ0v) is 8.23. The highest BCUT2D eigenvalue weighted by molar-refractivity contribution is 5.91. The number of carbonyl (C=O) groups is 1. The van der Waals surface area contributed by atoms with E-state index in [9.17, 15) is 9.59 Å². The van der Waals surface area contributed by atoms with E-state index in [2.05, 4.69) is 15.5 Å². The number of hydrogen-bond acceptors (Lipinski definition) is 4. The minimum Gasteiger partial charge on any atom is -0.480 e. The van der Waals surface area contributed by atoms with Crippen molar-refractivity contribution in [1.82, 2.24) is 10.2 Å². The van der Waals surface area contributed by atoms with Crippen LogP contribution in [0.3, 0.4) is 0 Å². The summed E-state index contributed by atoms with van der Waals surface area (Å²) in [5.74, 6) is -0.630. The van der Waals surface area contributed by atoms with Crippen LogP contribution in [0.25, 0.3) is 10.8 Å². The van der Waals surface area contributed by atoms with Crippen LogP contribution in [0.2, 0.25) is 0 Å². The highest BCUT2D eigenvalue weighted by Crippen LogP contribution is 2.16. The van der Waals surface area contributed by atoms with Gasteiger partial charge in [0.2, 0.25) is 0 Å². The third kappa shape index (κ3) is 1.85. The van der Waals surface area contributed by atoms with E-state index in [1.54, 1.807) is 24.3 Å². The topological polar surface area (TPSA) is 95.1 Å². The average Bonchev–Trinajstić information content (AvgIpc) is 2.28. The van der Waals surface area contributed by atoms with Gasteiger partial charge in [-0.15, -0.1) is 0 Å². The largest absolute Gasteiger partial charge is 0.480 e. The number of benzene rings is 1. The van der Waals surface area contributed by atoms with Gasteiger partial charge in [0.05, 0.1) is 5.39 Å². The Morgan fingerprint density at radius 3 is 2.75 bits per heavy atom. The number of aromatic nitrogens is 2. The molecule has 0 bridgehead atoms. The maximum atomic E-state index is 11.4. The second-order valence-corrected chi connectivity index (χ2v) is 3.19. The highest BCUT2D eigenvalue weighted by atomic mass is 16.4. The zero-order chi connectivity index (χ0) is 11.5. The zero-order valence-electron chi connectivity index (χ0n) is 8.23. The first-order chi connectivity index (χ1) is 7.68. The van der Waals surface area contributed by atoms with E-state index in [4.69, 9.17) is 5.11 Å². The van der Waals surface area contributed by atoms with Crippen LogP contribution in [0.1, 0.15) is 0 Å². The van der Waals surface area contributed by atoms with E-state index in [1.807, 2.05) is 0 Å². The minimum absolute atomic E-state index is 0.247. The molecule has 0 aliphatic rings. The summed E-state index contributed by atoms with van der Waals surface area (Å²) in [6, 6.07) is 6.86. The predicted molar refractivity (Wildman–Crippen MR) is 58.5 cm³/mol. The first kappa shape index (κ1) is 10.2. The normalized spacial score (nSPS) is 10.2. The molecule has 0 spiro atoms. The summed E-state index contributed by atoms with van der Waals surface area (Å²) in [6.45, 7) is -0.247. The minimum atomic E-state index is -0.989. The van der Waals surface area contributed by atoms with Gasteiger partial charge in [0.25, 0.3) is 5.56 Å². The Balaban J connectivity index is 2.50. The molecular weight excluding hydrogens is 210 g/mol. The van der Waals surface area contributed by atoms with Crippen molar-refractivity contribution in [3.05, 3.63) is 34.6 Å². The van der Waals surface area contributed by atoms with Gasteiger partial charge in [-0.3, -0.25) is 9.59 Å². The number of rotatable bonds is 3. The van der Waals surface area contributed by atoms with E-state index < -0.39 is 5.97 Å². The van der Waals surface area contributed by atoms with Gasteiger partial charge in [-0.1, -0.05) is 18.2 Å². The van der Waals surface area contributed by atoms with Crippen LogP contribution in [0.15, 0.2) is 29.1 Å². The Labute approximate surface area is 89.9 Å².